The van der Waals surface area contributed by atoms with Gasteiger partial charge in [0.2, 0.25) is 5.95 Å². The van der Waals surface area contributed by atoms with Crippen molar-refractivity contribution in [1.29, 1.82) is 0 Å². The SMILES string of the molecule is CCCNc1nc(C)cc(NC(C)CO)n1. The first kappa shape index (κ1) is 12.7. The lowest BCUT2D eigenvalue weighted by Gasteiger charge is -2.13. The molecule has 1 aromatic heterocycles. The molecule has 0 aliphatic heterocycles. The van der Waals surface area contributed by atoms with Crippen LogP contribution in [0.1, 0.15) is 26.0 Å². The van der Waals surface area contributed by atoms with E-state index in [1.54, 1.807) is 0 Å². The Morgan fingerprint density at radius 3 is 2.81 bits per heavy atom. The van der Waals surface area contributed by atoms with Gasteiger partial charge in [-0.1, -0.05) is 6.92 Å². The van der Waals surface area contributed by atoms with E-state index in [0.29, 0.717) is 5.95 Å². The van der Waals surface area contributed by atoms with E-state index in [1.165, 1.54) is 0 Å². The fourth-order valence-electron chi connectivity index (χ4n) is 1.26. The number of hydrogen-bond acceptors (Lipinski definition) is 5. The fraction of sp³-hybridized carbons (Fsp3) is 0.636. The molecular weight excluding hydrogens is 204 g/mol. The Labute approximate surface area is 96.3 Å². The molecule has 0 spiro atoms. The zero-order valence-corrected chi connectivity index (χ0v) is 10.1. The van der Waals surface area contributed by atoms with E-state index in [0.717, 1.165) is 24.5 Å². The van der Waals surface area contributed by atoms with Crippen LogP contribution in [-0.2, 0) is 0 Å². The van der Waals surface area contributed by atoms with E-state index in [-0.39, 0.29) is 12.6 Å². The van der Waals surface area contributed by atoms with Gasteiger partial charge < -0.3 is 15.7 Å². The van der Waals surface area contributed by atoms with Gasteiger partial charge in [-0.15, -0.1) is 0 Å². The second kappa shape index (κ2) is 6.27. The second-order valence-corrected chi connectivity index (χ2v) is 3.87. The third kappa shape index (κ3) is 4.02. The van der Waals surface area contributed by atoms with Crippen molar-refractivity contribution in [3.63, 3.8) is 0 Å². The normalized spacial score (nSPS) is 12.2. The smallest absolute Gasteiger partial charge is 0.224 e. The van der Waals surface area contributed by atoms with Gasteiger partial charge in [0.1, 0.15) is 5.82 Å². The lowest BCUT2D eigenvalue weighted by Crippen LogP contribution is -2.20. The minimum absolute atomic E-state index is 0.00618. The average Bonchev–Trinajstić information content (AvgIpc) is 2.25. The predicted octanol–water partition coefficient (Wildman–Crippen LogP) is 1.40. The van der Waals surface area contributed by atoms with Gasteiger partial charge in [0.05, 0.1) is 6.61 Å². The van der Waals surface area contributed by atoms with Gasteiger partial charge in [0.15, 0.2) is 0 Å². The Morgan fingerprint density at radius 1 is 1.44 bits per heavy atom. The highest BCUT2D eigenvalue weighted by Crippen LogP contribution is 2.10. The van der Waals surface area contributed by atoms with Crippen LogP contribution in [0.25, 0.3) is 0 Å². The highest BCUT2D eigenvalue weighted by Gasteiger charge is 2.04. The number of aliphatic hydroxyl groups excluding tert-OH is 1. The molecule has 16 heavy (non-hydrogen) atoms. The maximum atomic E-state index is 8.95. The van der Waals surface area contributed by atoms with Crippen molar-refractivity contribution in [2.75, 3.05) is 23.8 Å². The summed E-state index contributed by atoms with van der Waals surface area (Å²) in [6.45, 7) is 6.86. The molecule has 1 unspecified atom stereocenters. The van der Waals surface area contributed by atoms with Crippen LogP contribution in [0.3, 0.4) is 0 Å². The summed E-state index contributed by atoms with van der Waals surface area (Å²) in [7, 11) is 0. The Bertz CT molecular complexity index is 330. The van der Waals surface area contributed by atoms with Crippen molar-refractivity contribution in [1.82, 2.24) is 9.97 Å². The summed E-state index contributed by atoms with van der Waals surface area (Å²) in [6.07, 6.45) is 1.03. The van der Waals surface area contributed by atoms with E-state index >= 15 is 0 Å². The number of nitrogens with zero attached hydrogens (tertiary/aromatic N) is 2. The minimum atomic E-state index is -0.00618. The summed E-state index contributed by atoms with van der Waals surface area (Å²) < 4.78 is 0. The Morgan fingerprint density at radius 2 is 2.19 bits per heavy atom. The van der Waals surface area contributed by atoms with Gasteiger partial charge in [-0.2, -0.15) is 4.98 Å². The molecule has 1 aromatic rings. The molecule has 0 saturated carbocycles. The van der Waals surface area contributed by atoms with E-state index in [4.69, 9.17) is 5.11 Å². The predicted molar refractivity (Wildman–Crippen MR) is 65.7 cm³/mol. The van der Waals surface area contributed by atoms with Crippen molar-refractivity contribution < 1.29 is 5.11 Å². The zero-order chi connectivity index (χ0) is 12.0. The monoisotopic (exact) mass is 224 g/mol. The number of nitrogens with one attached hydrogen (secondary N) is 2. The van der Waals surface area contributed by atoms with Gasteiger partial charge in [0.25, 0.3) is 0 Å². The molecule has 0 amide bonds. The topological polar surface area (TPSA) is 70.1 Å². The van der Waals surface area contributed by atoms with Crippen molar-refractivity contribution in [2.24, 2.45) is 0 Å². The van der Waals surface area contributed by atoms with Crippen LogP contribution in [-0.4, -0.2) is 34.3 Å². The molecule has 0 aliphatic carbocycles. The van der Waals surface area contributed by atoms with Crippen molar-refractivity contribution >= 4 is 11.8 Å². The van der Waals surface area contributed by atoms with Crippen LogP contribution in [0.5, 0.6) is 0 Å². The highest BCUT2D eigenvalue weighted by atomic mass is 16.3. The van der Waals surface area contributed by atoms with Gasteiger partial charge in [-0.25, -0.2) is 4.98 Å². The lowest BCUT2D eigenvalue weighted by atomic mass is 10.3. The Balaban J connectivity index is 2.73. The van der Waals surface area contributed by atoms with Crippen molar-refractivity contribution in [3.8, 4) is 0 Å². The van der Waals surface area contributed by atoms with Gasteiger partial charge in [-0.3, -0.25) is 0 Å². The molecular formula is C11H20N4O. The molecule has 0 radical (unpaired) electrons. The molecule has 1 rings (SSSR count). The van der Waals surface area contributed by atoms with Crippen molar-refractivity contribution in [3.05, 3.63) is 11.8 Å². The molecule has 5 heteroatoms. The zero-order valence-electron chi connectivity index (χ0n) is 10.1. The summed E-state index contributed by atoms with van der Waals surface area (Å²) in [6, 6.07) is 1.86. The van der Waals surface area contributed by atoms with E-state index in [2.05, 4.69) is 27.5 Å². The highest BCUT2D eigenvalue weighted by molar-refractivity contribution is 5.42. The molecule has 0 saturated heterocycles. The van der Waals surface area contributed by atoms with Gasteiger partial charge in [0, 0.05) is 24.3 Å². The largest absolute Gasteiger partial charge is 0.394 e. The average molecular weight is 224 g/mol. The Kier molecular flexibility index (Phi) is 4.98. The van der Waals surface area contributed by atoms with Crippen LogP contribution in [0.2, 0.25) is 0 Å². The van der Waals surface area contributed by atoms with E-state index < -0.39 is 0 Å². The van der Waals surface area contributed by atoms with Crippen LogP contribution in [0, 0.1) is 6.92 Å². The third-order valence-electron chi connectivity index (χ3n) is 2.06. The first-order valence-corrected chi connectivity index (χ1v) is 5.62. The quantitative estimate of drug-likeness (QED) is 0.681. The lowest BCUT2D eigenvalue weighted by molar-refractivity contribution is 0.281. The molecule has 1 atom stereocenters. The first-order valence-electron chi connectivity index (χ1n) is 5.62. The maximum absolute atomic E-state index is 8.95. The van der Waals surface area contributed by atoms with Crippen LogP contribution < -0.4 is 10.6 Å². The Hall–Kier alpha value is -1.36. The van der Waals surface area contributed by atoms with E-state index in [9.17, 15) is 0 Å². The number of aryl methyl sites for hydroxylation is 1. The first-order chi connectivity index (χ1) is 7.65. The number of aliphatic hydroxyl groups is 1. The molecule has 90 valence electrons. The summed E-state index contributed by atoms with van der Waals surface area (Å²) in [5.41, 5.74) is 0.904. The van der Waals surface area contributed by atoms with Crippen LogP contribution in [0.4, 0.5) is 11.8 Å². The van der Waals surface area contributed by atoms with Gasteiger partial charge >= 0.3 is 0 Å². The summed E-state index contributed by atoms with van der Waals surface area (Å²) in [5.74, 6) is 1.38. The molecule has 0 aliphatic rings. The molecule has 0 bridgehead atoms. The molecule has 0 fully saturated rings. The summed E-state index contributed by atoms with van der Waals surface area (Å²) >= 11 is 0. The molecule has 1 heterocycles. The number of aromatic nitrogens is 2. The number of rotatable bonds is 6. The van der Waals surface area contributed by atoms with Crippen LogP contribution >= 0.6 is 0 Å². The standard InChI is InChI=1S/C11H20N4O/c1-4-5-12-11-14-8(2)6-10(15-11)13-9(3)7-16/h6,9,16H,4-5,7H2,1-3H3,(H2,12,13,14,15). The maximum Gasteiger partial charge on any atom is 0.224 e. The fourth-order valence-corrected chi connectivity index (χ4v) is 1.26. The molecule has 5 nitrogen and oxygen atoms in total. The number of hydrogen-bond donors (Lipinski definition) is 3. The summed E-state index contributed by atoms with van der Waals surface area (Å²) in [4.78, 5) is 8.59. The third-order valence-corrected chi connectivity index (χ3v) is 2.06. The van der Waals surface area contributed by atoms with Crippen molar-refractivity contribution in [2.45, 2.75) is 33.2 Å². The minimum Gasteiger partial charge on any atom is -0.394 e. The van der Waals surface area contributed by atoms with Crippen LogP contribution in [0.15, 0.2) is 6.07 Å². The molecule has 0 aromatic carbocycles. The second-order valence-electron chi connectivity index (χ2n) is 3.87. The molecule has 3 N–H and O–H groups in total. The van der Waals surface area contributed by atoms with E-state index in [1.807, 2.05) is 19.9 Å². The van der Waals surface area contributed by atoms with Gasteiger partial charge in [-0.05, 0) is 20.3 Å². The number of anilines is 2. The summed E-state index contributed by atoms with van der Waals surface area (Å²) in [5, 5.41) is 15.2.